The third-order valence-corrected chi connectivity index (χ3v) is 6.89. The highest BCUT2D eigenvalue weighted by atomic mass is 15.2. The van der Waals surface area contributed by atoms with E-state index in [1.807, 2.05) is 0 Å². The number of hydrogen-bond donors (Lipinski definition) is 0. The molecule has 174 valence electrons. The zero-order valence-electron chi connectivity index (χ0n) is 19.1. The summed E-state index contributed by atoms with van der Waals surface area (Å²) < 4.78 is 2.34. The fraction of sp³-hybridized carbons (Fsp3) is 0.433. The van der Waals surface area contributed by atoms with Gasteiger partial charge >= 0.3 is 0 Å². The smallest absolute Gasteiger partial charge is 0.209 e. The minimum Gasteiger partial charge on any atom is -0.347 e. The summed E-state index contributed by atoms with van der Waals surface area (Å²) in [5, 5.41) is 0. The highest BCUT2D eigenvalue weighted by molar-refractivity contribution is 6.03. The van der Waals surface area contributed by atoms with Crippen molar-refractivity contribution in [1.82, 2.24) is 0 Å². The Kier molecular flexibility index (Phi) is 7.80. The molecule has 0 bridgehead atoms. The molecule has 0 unspecified atom stereocenters. The van der Waals surface area contributed by atoms with E-state index in [0.29, 0.717) is 0 Å². The van der Waals surface area contributed by atoms with Gasteiger partial charge in [-0.1, -0.05) is 71.5 Å². The average Bonchev–Trinajstić information content (AvgIpc) is 2.95. The topological polar surface area (TPSA) is 6.25 Å². The van der Waals surface area contributed by atoms with Gasteiger partial charge in [0.15, 0.2) is 5.71 Å². The zero-order valence-corrected chi connectivity index (χ0v) is 19.1. The Labute approximate surface area is 198 Å². The number of benzene rings is 2. The van der Waals surface area contributed by atoms with Crippen LogP contribution in [0.1, 0.15) is 72.2 Å². The Morgan fingerprint density at radius 3 is 2.00 bits per heavy atom. The molecule has 2 aliphatic rings. The van der Waals surface area contributed by atoms with E-state index in [9.17, 15) is 0 Å². The largest absolute Gasteiger partial charge is 0.347 e. The summed E-state index contributed by atoms with van der Waals surface area (Å²) >= 11 is 0. The van der Waals surface area contributed by atoms with Gasteiger partial charge in [0.2, 0.25) is 5.69 Å². The van der Waals surface area contributed by atoms with Gasteiger partial charge in [-0.3, -0.25) is 0 Å². The van der Waals surface area contributed by atoms with E-state index in [4.69, 9.17) is 0 Å². The number of likely N-dealkylation sites (N-methyl/N-ethyl adjacent to an activating group) is 1. The average molecular weight is 434 g/mol. The highest BCUT2D eigenvalue weighted by Crippen LogP contribution is 2.47. The fourth-order valence-corrected chi connectivity index (χ4v) is 5.13. The monoisotopic (exact) mass is 433 g/mol. The van der Waals surface area contributed by atoms with Crippen LogP contribution >= 0.6 is 0 Å². The summed E-state index contributed by atoms with van der Waals surface area (Å²) in [6, 6.07) is 13.6. The van der Waals surface area contributed by atoms with E-state index in [-0.39, 0.29) is 33.1 Å². The summed E-state index contributed by atoms with van der Waals surface area (Å²) in [4.78, 5) is 2.34. The quantitative estimate of drug-likeness (QED) is 0.434. The second-order valence-corrected chi connectivity index (χ2v) is 9.71. The molecule has 0 radical (unpaired) electrons. The third kappa shape index (κ3) is 3.96. The molecule has 4 rings (SSSR count). The van der Waals surface area contributed by atoms with Gasteiger partial charge in [0, 0.05) is 41.6 Å². The first-order valence-electron chi connectivity index (χ1n) is 10.5. The molecule has 0 fully saturated rings. The van der Waals surface area contributed by atoms with Crippen LogP contribution in [0, 0.1) is 13.8 Å². The second kappa shape index (κ2) is 9.10. The number of hydrogen-bond acceptors (Lipinski definition) is 1. The first kappa shape index (κ1) is 27.4. The van der Waals surface area contributed by atoms with Crippen molar-refractivity contribution in [1.29, 1.82) is 0 Å². The van der Waals surface area contributed by atoms with Crippen LogP contribution in [-0.2, 0) is 10.8 Å². The van der Waals surface area contributed by atoms with Crippen LogP contribution in [0.15, 0.2) is 60.3 Å². The van der Waals surface area contributed by atoms with Gasteiger partial charge in [-0.05, 0) is 51.5 Å². The molecule has 2 nitrogen and oxygen atoms in total. The van der Waals surface area contributed by atoms with Crippen LogP contribution < -0.4 is 4.90 Å². The minimum atomic E-state index is 0. The lowest BCUT2D eigenvalue weighted by Crippen LogP contribution is -2.26. The van der Waals surface area contributed by atoms with Crippen molar-refractivity contribution >= 4 is 17.1 Å². The lowest BCUT2D eigenvalue weighted by atomic mass is 9.80. The molecule has 2 aromatic rings. The Balaban J connectivity index is 0.00000171. The van der Waals surface area contributed by atoms with E-state index in [1.54, 1.807) is 0 Å². The molecule has 0 aliphatic carbocycles. The number of aryl methyl sites for hydroxylation is 2. The highest BCUT2D eigenvalue weighted by Gasteiger charge is 2.43. The van der Waals surface area contributed by atoms with Crippen molar-refractivity contribution in [2.24, 2.45) is 0 Å². The van der Waals surface area contributed by atoms with E-state index in [0.717, 1.165) is 0 Å². The zero-order chi connectivity index (χ0) is 21.1. The molecule has 0 saturated heterocycles. The molecule has 2 heterocycles. The summed E-state index contributed by atoms with van der Waals surface area (Å²) in [5.41, 5.74) is 10.8. The van der Waals surface area contributed by atoms with Gasteiger partial charge in [0.25, 0.3) is 0 Å². The molecule has 0 spiro atoms. The van der Waals surface area contributed by atoms with Crippen LogP contribution in [0.25, 0.3) is 0 Å². The van der Waals surface area contributed by atoms with Crippen molar-refractivity contribution in [2.45, 2.75) is 74.7 Å². The van der Waals surface area contributed by atoms with E-state index in [1.165, 1.54) is 45.0 Å². The summed E-state index contributed by atoms with van der Waals surface area (Å²) in [7, 11) is 4.36. The maximum Gasteiger partial charge on any atom is 0.209 e. The maximum atomic E-state index is 2.34. The molecular formula is C30H45N2+. The molecule has 0 aromatic heterocycles. The minimum absolute atomic E-state index is 0. The van der Waals surface area contributed by atoms with Gasteiger partial charge in [0.05, 0.1) is 5.41 Å². The first-order chi connectivity index (χ1) is 13.5. The number of allylic oxidation sites excluding steroid dienone is 4. The van der Waals surface area contributed by atoms with Gasteiger partial charge in [-0.25, -0.2) is 0 Å². The van der Waals surface area contributed by atoms with E-state index >= 15 is 0 Å². The third-order valence-electron chi connectivity index (χ3n) is 6.89. The molecule has 0 atom stereocenters. The molecule has 0 amide bonds. The normalized spacial score (nSPS) is 18.8. The molecule has 2 heteroatoms. The van der Waals surface area contributed by atoms with Crippen molar-refractivity contribution in [3.05, 3.63) is 82.6 Å². The van der Waals surface area contributed by atoms with Crippen LogP contribution in [0.3, 0.4) is 0 Å². The lowest BCUT2D eigenvalue weighted by molar-refractivity contribution is -0.401. The standard InChI is InChI=1S/C27H33N2.3CH4/c1-18-12-14-22-20(16-18)26(3,4)24(28(22)7)10-9-11-25-27(5,6)21-17-19(2)13-15-23(21)29(25)8;;;/h9-17H,1-8H3;3*1H4/q+1;;;. The summed E-state index contributed by atoms with van der Waals surface area (Å²) in [5.74, 6) is 0. The predicted octanol–water partition coefficient (Wildman–Crippen LogP) is 8.09. The van der Waals surface area contributed by atoms with Crippen molar-refractivity contribution in [3.63, 3.8) is 0 Å². The Hall–Kier alpha value is -2.61. The second-order valence-electron chi connectivity index (χ2n) is 9.71. The molecule has 0 N–H and O–H groups in total. The van der Waals surface area contributed by atoms with Crippen LogP contribution in [0.2, 0.25) is 0 Å². The van der Waals surface area contributed by atoms with Gasteiger partial charge in [-0.15, -0.1) is 0 Å². The van der Waals surface area contributed by atoms with Gasteiger partial charge in [-0.2, -0.15) is 4.58 Å². The number of rotatable bonds is 2. The van der Waals surface area contributed by atoms with E-state index < -0.39 is 0 Å². The lowest BCUT2D eigenvalue weighted by Gasteiger charge is -2.23. The number of fused-ring (bicyclic) bond motifs is 2. The fourth-order valence-electron chi connectivity index (χ4n) is 5.13. The van der Waals surface area contributed by atoms with Crippen LogP contribution in [-0.4, -0.2) is 24.4 Å². The molecule has 2 aromatic carbocycles. The van der Waals surface area contributed by atoms with Gasteiger partial charge in [0.1, 0.15) is 7.05 Å². The predicted molar refractivity (Wildman–Crippen MR) is 145 cm³/mol. The Morgan fingerprint density at radius 1 is 0.812 bits per heavy atom. The molecule has 2 aliphatic heterocycles. The molecule has 0 saturated carbocycles. The van der Waals surface area contributed by atoms with Crippen LogP contribution in [0.5, 0.6) is 0 Å². The van der Waals surface area contributed by atoms with Crippen molar-refractivity contribution in [2.75, 3.05) is 19.0 Å². The first-order valence-corrected chi connectivity index (χ1v) is 10.5. The SMILES string of the molecule is C.C.C.Cc1ccc2c(c1)C(C)(C)C(=CC=CC1=[N+](C)c3ccc(C)cc3C1(C)C)N2C. The van der Waals surface area contributed by atoms with Crippen LogP contribution in [0.4, 0.5) is 11.4 Å². The van der Waals surface area contributed by atoms with Crippen molar-refractivity contribution < 1.29 is 4.58 Å². The number of nitrogens with zero attached hydrogens (tertiary/aromatic N) is 2. The molecule has 32 heavy (non-hydrogen) atoms. The summed E-state index contributed by atoms with van der Waals surface area (Å²) in [6.45, 7) is 13.6. The number of anilines is 1. The van der Waals surface area contributed by atoms with E-state index in [2.05, 4.69) is 120 Å². The maximum absolute atomic E-state index is 2.34. The Morgan fingerprint density at radius 2 is 1.38 bits per heavy atom. The summed E-state index contributed by atoms with van der Waals surface area (Å²) in [6.07, 6.45) is 6.82. The Bertz CT molecular complexity index is 1090. The van der Waals surface area contributed by atoms with Crippen molar-refractivity contribution in [3.8, 4) is 0 Å². The van der Waals surface area contributed by atoms with Gasteiger partial charge < -0.3 is 4.90 Å². The molecular weight excluding hydrogens is 388 g/mol.